The standard InChI is InChI=1S/C23H28Cl2N2O4/c1-26-12-8-4-7-11-16-18(24)14-17(21(28)20(16)25)22(29)27-19(23(30)31-2)13-15-9-5-3-6-10-15/h3,5-6,9-10,14,19,26,28H,4,7-8,11-13H2,1-2H3,(H,27,29). The predicted octanol–water partition coefficient (Wildman–Crippen LogP) is 4.15. The lowest BCUT2D eigenvalue weighted by molar-refractivity contribution is -0.142. The maximum Gasteiger partial charge on any atom is 0.328 e. The number of carbonyl (C=O) groups is 2. The molecular formula is C23H28Cl2N2O4. The van der Waals surface area contributed by atoms with Crippen molar-refractivity contribution in [3.63, 3.8) is 0 Å². The number of hydrogen-bond donors (Lipinski definition) is 3. The van der Waals surface area contributed by atoms with E-state index in [-0.39, 0.29) is 22.8 Å². The van der Waals surface area contributed by atoms with Crippen LogP contribution in [0.4, 0.5) is 0 Å². The molecule has 1 atom stereocenters. The van der Waals surface area contributed by atoms with Crippen LogP contribution in [-0.2, 0) is 22.4 Å². The number of phenols is 1. The molecule has 1 amide bonds. The van der Waals surface area contributed by atoms with E-state index in [9.17, 15) is 14.7 Å². The topological polar surface area (TPSA) is 87.7 Å². The number of carbonyl (C=O) groups excluding carboxylic acids is 2. The molecule has 6 nitrogen and oxygen atoms in total. The summed E-state index contributed by atoms with van der Waals surface area (Å²) < 4.78 is 4.82. The smallest absolute Gasteiger partial charge is 0.328 e. The molecule has 2 aromatic rings. The van der Waals surface area contributed by atoms with E-state index in [1.165, 1.54) is 13.2 Å². The first kappa shape index (κ1) is 25.0. The highest BCUT2D eigenvalue weighted by Gasteiger charge is 2.26. The van der Waals surface area contributed by atoms with Gasteiger partial charge in [-0.1, -0.05) is 60.0 Å². The Labute approximate surface area is 192 Å². The molecule has 0 bridgehead atoms. The second-order valence-electron chi connectivity index (χ2n) is 7.20. The molecule has 3 N–H and O–H groups in total. The van der Waals surface area contributed by atoms with Gasteiger partial charge in [0.05, 0.1) is 17.7 Å². The second-order valence-corrected chi connectivity index (χ2v) is 7.99. The van der Waals surface area contributed by atoms with Crippen molar-refractivity contribution in [3.8, 4) is 5.75 Å². The number of hydrogen-bond acceptors (Lipinski definition) is 5. The molecule has 0 aliphatic carbocycles. The first-order valence-corrected chi connectivity index (χ1v) is 10.9. The summed E-state index contributed by atoms with van der Waals surface area (Å²) in [5, 5.41) is 16.6. The lowest BCUT2D eigenvalue weighted by Gasteiger charge is -2.18. The van der Waals surface area contributed by atoms with Crippen LogP contribution in [0.3, 0.4) is 0 Å². The fraction of sp³-hybridized carbons (Fsp3) is 0.391. The normalized spacial score (nSPS) is 11.7. The molecule has 0 saturated carbocycles. The van der Waals surface area contributed by atoms with Gasteiger partial charge in [0.15, 0.2) is 0 Å². The summed E-state index contributed by atoms with van der Waals surface area (Å²) in [5.74, 6) is -1.60. The quantitative estimate of drug-likeness (QED) is 0.342. The van der Waals surface area contributed by atoms with E-state index in [4.69, 9.17) is 27.9 Å². The molecule has 168 valence electrons. The Hall–Kier alpha value is -2.28. The minimum atomic E-state index is -0.927. The summed E-state index contributed by atoms with van der Waals surface area (Å²) in [6.45, 7) is 0.927. The zero-order valence-electron chi connectivity index (χ0n) is 17.7. The van der Waals surface area contributed by atoms with Crippen molar-refractivity contribution in [1.29, 1.82) is 0 Å². The van der Waals surface area contributed by atoms with Gasteiger partial charge < -0.3 is 20.5 Å². The second kappa shape index (κ2) is 12.5. The van der Waals surface area contributed by atoms with Gasteiger partial charge in [-0.25, -0.2) is 4.79 Å². The van der Waals surface area contributed by atoms with Gasteiger partial charge in [0.1, 0.15) is 11.8 Å². The molecule has 0 heterocycles. The fourth-order valence-electron chi connectivity index (χ4n) is 3.25. The highest BCUT2D eigenvalue weighted by molar-refractivity contribution is 6.37. The van der Waals surface area contributed by atoms with Crippen LogP contribution < -0.4 is 10.6 Å². The summed E-state index contributed by atoms with van der Waals surface area (Å²) in [4.78, 5) is 25.0. The number of rotatable bonds is 11. The minimum Gasteiger partial charge on any atom is -0.506 e. The highest BCUT2D eigenvalue weighted by Crippen LogP contribution is 2.37. The third-order valence-corrected chi connectivity index (χ3v) is 5.70. The largest absolute Gasteiger partial charge is 0.506 e. The number of nitrogens with one attached hydrogen (secondary N) is 2. The molecular weight excluding hydrogens is 439 g/mol. The van der Waals surface area contributed by atoms with E-state index < -0.39 is 17.9 Å². The van der Waals surface area contributed by atoms with Crippen molar-refractivity contribution < 1.29 is 19.4 Å². The van der Waals surface area contributed by atoms with Gasteiger partial charge in [0.25, 0.3) is 5.91 Å². The molecule has 0 aliphatic rings. The van der Waals surface area contributed by atoms with Crippen molar-refractivity contribution in [2.75, 3.05) is 20.7 Å². The number of amides is 1. The Balaban J connectivity index is 2.16. The summed E-state index contributed by atoms with van der Waals surface area (Å²) in [6.07, 6.45) is 3.70. The monoisotopic (exact) mass is 466 g/mol. The Kier molecular flexibility index (Phi) is 10.1. The maximum absolute atomic E-state index is 12.8. The van der Waals surface area contributed by atoms with E-state index in [0.717, 1.165) is 31.4 Å². The van der Waals surface area contributed by atoms with Crippen molar-refractivity contribution in [3.05, 3.63) is 63.1 Å². The zero-order valence-corrected chi connectivity index (χ0v) is 19.2. The van der Waals surface area contributed by atoms with Gasteiger partial charge in [-0.05, 0) is 50.0 Å². The lowest BCUT2D eigenvalue weighted by Crippen LogP contribution is -2.43. The Morgan fingerprint density at radius 3 is 2.48 bits per heavy atom. The van der Waals surface area contributed by atoms with Crippen LogP contribution in [0, 0.1) is 0 Å². The van der Waals surface area contributed by atoms with Crippen LogP contribution in [0.2, 0.25) is 10.0 Å². The SMILES string of the molecule is CNCCCCCc1c(Cl)cc(C(=O)NC(Cc2ccccc2)C(=O)OC)c(O)c1Cl. The van der Waals surface area contributed by atoms with Crippen LogP contribution in [0.25, 0.3) is 0 Å². The molecule has 2 rings (SSSR count). The summed E-state index contributed by atoms with van der Waals surface area (Å²) in [6, 6.07) is 9.70. The van der Waals surface area contributed by atoms with Gasteiger partial charge in [-0.2, -0.15) is 0 Å². The third kappa shape index (κ3) is 7.13. The van der Waals surface area contributed by atoms with Crippen LogP contribution >= 0.6 is 23.2 Å². The molecule has 0 aromatic heterocycles. The number of halogens is 2. The Morgan fingerprint density at radius 1 is 1.13 bits per heavy atom. The van der Waals surface area contributed by atoms with Gasteiger partial charge in [0, 0.05) is 11.4 Å². The third-order valence-electron chi connectivity index (χ3n) is 4.96. The zero-order chi connectivity index (χ0) is 22.8. The van der Waals surface area contributed by atoms with Crippen molar-refractivity contribution in [1.82, 2.24) is 10.6 Å². The van der Waals surface area contributed by atoms with Crippen molar-refractivity contribution in [2.45, 2.75) is 38.1 Å². The van der Waals surface area contributed by atoms with Crippen LogP contribution in [-0.4, -0.2) is 43.7 Å². The molecule has 0 radical (unpaired) electrons. The predicted molar refractivity (Wildman–Crippen MR) is 123 cm³/mol. The van der Waals surface area contributed by atoms with Gasteiger partial charge in [-0.15, -0.1) is 0 Å². The van der Waals surface area contributed by atoms with Crippen LogP contribution in [0.15, 0.2) is 36.4 Å². The van der Waals surface area contributed by atoms with Gasteiger partial charge in [-0.3, -0.25) is 4.79 Å². The number of esters is 1. The molecule has 2 aromatic carbocycles. The Bertz CT molecular complexity index is 891. The summed E-state index contributed by atoms with van der Waals surface area (Å²) in [7, 11) is 3.16. The minimum absolute atomic E-state index is 0.0592. The molecule has 0 aliphatic heterocycles. The molecule has 8 heteroatoms. The van der Waals surface area contributed by atoms with Crippen LogP contribution in [0.5, 0.6) is 5.75 Å². The van der Waals surface area contributed by atoms with E-state index in [2.05, 4.69) is 10.6 Å². The average molecular weight is 467 g/mol. The molecule has 1 unspecified atom stereocenters. The van der Waals surface area contributed by atoms with Gasteiger partial charge in [0.2, 0.25) is 0 Å². The first-order chi connectivity index (χ1) is 14.9. The van der Waals surface area contributed by atoms with E-state index in [1.807, 2.05) is 37.4 Å². The number of ether oxygens (including phenoxy) is 1. The summed E-state index contributed by atoms with van der Waals surface area (Å²) >= 11 is 12.7. The van der Waals surface area contributed by atoms with E-state index in [0.29, 0.717) is 17.0 Å². The molecule has 0 saturated heterocycles. The molecule has 31 heavy (non-hydrogen) atoms. The average Bonchev–Trinajstić information content (AvgIpc) is 2.77. The first-order valence-electron chi connectivity index (χ1n) is 10.2. The van der Waals surface area contributed by atoms with Crippen LogP contribution in [0.1, 0.15) is 40.7 Å². The van der Waals surface area contributed by atoms with E-state index in [1.54, 1.807) is 0 Å². The van der Waals surface area contributed by atoms with Crippen molar-refractivity contribution >= 4 is 35.1 Å². The van der Waals surface area contributed by atoms with E-state index >= 15 is 0 Å². The molecule has 0 fully saturated rings. The van der Waals surface area contributed by atoms with Gasteiger partial charge >= 0.3 is 5.97 Å². The lowest BCUT2D eigenvalue weighted by atomic mass is 10.0. The molecule has 0 spiro atoms. The highest BCUT2D eigenvalue weighted by atomic mass is 35.5. The van der Waals surface area contributed by atoms with Crippen molar-refractivity contribution in [2.24, 2.45) is 0 Å². The number of methoxy groups -OCH3 is 1. The Morgan fingerprint density at radius 2 is 1.84 bits per heavy atom. The number of aromatic hydroxyl groups is 1. The number of unbranched alkanes of at least 4 members (excludes halogenated alkanes) is 2. The maximum atomic E-state index is 12.8. The summed E-state index contributed by atoms with van der Waals surface area (Å²) in [5.41, 5.74) is 1.37. The number of phenolic OH excluding ortho intramolecular Hbond substituents is 1. The fourth-order valence-corrected chi connectivity index (χ4v) is 3.90. The number of benzene rings is 2.